The summed E-state index contributed by atoms with van der Waals surface area (Å²) >= 11 is 0. The van der Waals surface area contributed by atoms with Gasteiger partial charge in [-0.1, -0.05) is 26.0 Å². The van der Waals surface area contributed by atoms with Crippen molar-refractivity contribution in [1.82, 2.24) is 15.5 Å². The van der Waals surface area contributed by atoms with Crippen molar-refractivity contribution < 1.29 is 18.7 Å². The van der Waals surface area contributed by atoms with E-state index in [1.54, 1.807) is 12.1 Å². The normalized spacial score (nSPS) is 12.5. The molecule has 1 atom stereocenters. The van der Waals surface area contributed by atoms with Crippen molar-refractivity contribution in [3.05, 3.63) is 53.6 Å². The first-order chi connectivity index (χ1) is 12.9. The molecule has 2 aromatic carbocycles. The number of H-pyrrole nitrogens is 1. The Bertz CT molecular complexity index is 969. The van der Waals surface area contributed by atoms with Crippen molar-refractivity contribution in [3.63, 3.8) is 0 Å². The molecule has 0 spiro atoms. The number of aromatic amines is 1. The SMILES string of the molecule is CC(C)CC(CO)NC(=O)c1cc(F)c2n[nH]c(-c3cccc(F)c3)c2c1. The smallest absolute Gasteiger partial charge is 0.251 e. The van der Waals surface area contributed by atoms with Gasteiger partial charge < -0.3 is 10.4 Å². The van der Waals surface area contributed by atoms with Crippen molar-refractivity contribution in [2.24, 2.45) is 5.92 Å². The molecule has 3 rings (SSSR count). The number of carbonyl (C=O) groups excluding carboxylic acids is 1. The largest absolute Gasteiger partial charge is 0.394 e. The van der Waals surface area contributed by atoms with Crippen LogP contribution in [-0.2, 0) is 0 Å². The second kappa shape index (κ2) is 7.84. The van der Waals surface area contributed by atoms with Crippen molar-refractivity contribution in [3.8, 4) is 11.3 Å². The number of rotatable bonds is 6. The van der Waals surface area contributed by atoms with Crippen molar-refractivity contribution in [2.75, 3.05) is 6.61 Å². The molecule has 0 aliphatic rings. The van der Waals surface area contributed by atoms with Gasteiger partial charge >= 0.3 is 0 Å². The topological polar surface area (TPSA) is 78.0 Å². The maximum Gasteiger partial charge on any atom is 0.251 e. The fourth-order valence-corrected chi connectivity index (χ4v) is 3.09. The number of aliphatic hydroxyl groups excluding tert-OH is 1. The molecule has 0 radical (unpaired) electrons. The highest BCUT2D eigenvalue weighted by atomic mass is 19.1. The molecular formula is C20H21F2N3O2. The molecule has 0 fully saturated rings. The molecule has 7 heteroatoms. The highest BCUT2D eigenvalue weighted by molar-refractivity contribution is 6.01. The Morgan fingerprint density at radius 3 is 2.70 bits per heavy atom. The Kier molecular flexibility index (Phi) is 5.51. The fourth-order valence-electron chi connectivity index (χ4n) is 3.09. The number of fused-ring (bicyclic) bond motifs is 1. The molecule has 5 nitrogen and oxygen atoms in total. The van der Waals surface area contributed by atoms with Gasteiger partial charge in [0.15, 0.2) is 5.82 Å². The van der Waals surface area contributed by atoms with Crippen molar-refractivity contribution in [1.29, 1.82) is 0 Å². The lowest BCUT2D eigenvalue weighted by Gasteiger charge is -2.18. The standard InChI is InChI=1S/C20H21F2N3O2/c1-11(2)6-15(10-26)23-20(27)13-8-16-18(12-4-3-5-14(21)7-12)24-25-19(16)17(22)9-13/h3-5,7-9,11,15,26H,6,10H2,1-2H3,(H,23,27)(H,24,25). The van der Waals surface area contributed by atoms with Gasteiger partial charge in [-0.25, -0.2) is 8.78 Å². The molecular weight excluding hydrogens is 352 g/mol. The van der Waals surface area contributed by atoms with Gasteiger partial charge in [0, 0.05) is 16.5 Å². The van der Waals surface area contributed by atoms with Crippen LogP contribution in [0.1, 0.15) is 30.6 Å². The van der Waals surface area contributed by atoms with Crippen LogP contribution in [0.3, 0.4) is 0 Å². The van der Waals surface area contributed by atoms with Crippen molar-refractivity contribution >= 4 is 16.8 Å². The van der Waals surface area contributed by atoms with Crippen molar-refractivity contribution in [2.45, 2.75) is 26.3 Å². The molecule has 3 aromatic rings. The summed E-state index contributed by atoms with van der Waals surface area (Å²) in [4.78, 5) is 12.5. The first-order valence-corrected chi connectivity index (χ1v) is 8.74. The molecule has 1 heterocycles. The van der Waals surface area contributed by atoms with Crippen LogP contribution in [0.15, 0.2) is 36.4 Å². The monoisotopic (exact) mass is 373 g/mol. The summed E-state index contributed by atoms with van der Waals surface area (Å²) in [5, 5.41) is 19.2. The quantitative estimate of drug-likeness (QED) is 0.617. The van der Waals surface area contributed by atoms with Crippen LogP contribution in [0.25, 0.3) is 22.2 Å². The van der Waals surface area contributed by atoms with Crippen LogP contribution < -0.4 is 5.32 Å². The number of aliphatic hydroxyl groups is 1. The third kappa shape index (κ3) is 4.14. The number of benzene rings is 2. The van der Waals surface area contributed by atoms with E-state index in [-0.39, 0.29) is 23.6 Å². The lowest BCUT2D eigenvalue weighted by molar-refractivity contribution is 0.0908. The number of hydrogen-bond donors (Lipinski definition) is 3. The zero-order valence-electron chi connectivity index (χ0n) is 15.1. The molecule has 27 heavy (non-hydrogen) atoms. The first kappa shape index (κ1) is 19.0. The summed E-state index contributed by atoms with van der Waals surface area (Å²) in [5.74, 6) is -1.28. The molecule has 1 aromatic heterocycles. The summed E-state index contributed by atoms with van der Waals surface area (Å²) in [7, 11) is 0. The molecule has 0 bridgehead atoms. The molecule has 0 aliphatic carbocycles. The third-order valence-corrected chi connectivity index (χ3v) is 4.30. The summed E-state index contributed by atoms with van der Waals surface area (Å²) < 4.78 is 28.0. The lowest BCUT2D eigenvalue weighted by Crippen LogP contribution is -2.38. The molecule has 1 unspecified atom stereocenters. The summed E-state index contributed by atoms with van der Waals surface area (Å²) in [5.41, 5.74) is 1.12. The average Bonchev–Trinajstić information content (AvgIpc) is 3.05. The third-order valence-electron chi connectivity index (χ3n) is 4.30. The Balaban J connectivity index is 1.98. The molecule has 3 N–H and O–H groups in total. The number of hydrogen-bond acceptors (Lipinski definition) is 3. The Morgan fingerprint density at radius 2 is 2.04 bits per heavy atom. The number of amides is 1. The van der Waals surface area contributed by atoms with Gasteiger partial charge in [0.1, 0.15) is 11.3 Å². The molecule has 0 saturated carbocycles. The Hall–Kier alpha value is -2.80. The number of halogens is 2. The van der Waals surface area contributed by atoms with E-state index in [4.69, 9.17) is 0 Å². The van der Waals surface area contributed by atoms with E-state index in [1.165, 1.54) is 18.2 Å². The van der Waals surface area contributed by atoms with E-state index >= 15 is 0 Å². The second-order valence-corrected chi connectivity index (χ2v) is 6.95. The highest BCUT2D eigenvalue weighted by Crippen LogP contribution is 2.29. The number of aromatic nitrogens is 2. The minimum absolute atomic E-state index is 0.0756. The fraction of sp³-hybridized carbons (Fsp3) is 0.300. The predicted molar refractivity (Wildman–Crippen MR) is 99.2 cm³/mol. The van der Waals surface area contributed by atoms with Gasteiger partial charge in [0.25, 0.3) is 5.91 Å². The van der Waals surface area contributed by atoms with Gasteiger partial charge in [-0.2, -0.15) is 5.10 Å². The van der Waals surface area contributed by atoms with Crippen LogP contribution in [0.2, 0.25) is 0 Å². The minimum Gasteiger partial charge on any atom is -0.394 e. The van der Waals surface area contributed by atoms with Gasteiger partial charge in [-0.15, -0.1) is 0 Å². The van der Waals surface area contributed by atoms with Gasteiger partial charge in [-0.05, 0) is 36.6 Å². The van der Waals surface area contributed by atoms with Crippen LogP contribution >= 0.6 is 0 Å². The zero-order valence-corrected chi connectivity index (χ0v) is 15.1. The van der Waals surface area contributed by atoms with Crippen LogP contribution in [0, 0.1) is 17.6 Å². The minimum atomic E-state index is -0.652. The Labute approximate surface area is 155 Å². The average molecular weight is 373 g/mol. The summed E-state index contributed by atoms with van der Waals surface area (Å²) in [6.07, 6.45) is 0.604. The first-order valence-electron chi connectivity index (χ1n) is 8.74. The molecule has 1 amide bonds. The maximum atomic E-state index is 14.5. The van der Waals surface area contributed by atoms with E-state index < -0.39 is 23.6 Å². The highest BCUT2D eigenvalue weighted by Gasteiger charge is 2.19. The van der Waals surface area contributed by atoms with E-state index in [0.717, 1.165) is 6.07 Å². The number of nitrogens with zero attached hydrogens (tertiary/aromatic N) is 1. The van der Waals surface area contributed by atoms with Crippen LogP contribution in [0.5, 0.6) is 0 Å². The molecule has 142 valence electrons. The van der Waals surface area contributed by atoms with Gasteiger partial charge in [-0.3, -0.25) is 9.89 Å². The van der Waals surface area contributed by atoms with E-state index in [9.17, 15) is 18.7 Å². The van der Waals surface area contributed by atoms with E-state index in [2.05, 4.69) is 15.5 Å². The van der Waals surface area contributed by atoms with Gasteiger partial charge in [0.2, 0.25) is 0 Å². The summed E-state index contributed by atoms with van der Waals surface area (Å²) in [6, 6.07) is 8.04. The van der Waals surface area contributed by atoms with Crippen LogP contribution in [0.4, 0.5) is 8.78 Å². The lowest BCUT2D eigenvalue weighted by atomic mass is 10.0. The molecule has 0 saturated heterocycles. The molecule has 0 aliphatic heterocycles. The number of nitrogens with one attached hydrogen (secondary N) is 2. The predicted octanol–water partition coefficient (Wildman–Crippen LogP) is 3.64. The van der Waals surface area contributed by atoms with Crippen LogP contribution in [-0.4, -0.2) is 33.9 Å². The number of carbonyl (C=O) groups is 1. The Morgan fingerprint density at radius 1 is 1.26 bits per heavy atom. The van der Waals surface area contributed by atoms with E-state index in [1.807, 2.05) is 13.8 Å². The van der Waals surface area contributed by atoms with E-state index in [0.29, 0.717) is 23.1 Å². The summed E-state index contributed by atoms with van der Waals surface area (Å²) in [6.45, 7) is 3.77. The zero-order chi connectivity index (χ0) is 19.6. The second-order valence-electron chi connectivity index (χ2n) is 6.95. The maximum absolute atomic E-state index is 14.5. The van der Waals surface area contributed by atoms with Gasteiger partial charge in [0.05, 0.1) is 18.3 Å².